The fourth-order valence-corrected chi connectivity index (χ4v) is 1.45. The van der Waals surface area contributed by atoms with Crippen molar-refractivity contribution in [2.75, 3.05) is 5.32 Å². The largest absolute Gasteiger partial charge is 0.311 e. The van der Waals surface area contributed by atoms with Gasteiger partial charge >= 0.3 is 0 Å². The lowest BCUT2D eigenvalue weighted by atomic mass is 10.5. The van der Waals surface area contributed by atoms with Crippen LogP contribution in [-0.2, 0) is 4.79 Å². The SMILES string of the molecule is CC(=O)Nc1ccn2ncc(Br)c2n1. The lowest BCUT2D eigenvalue weighted by Crippen LogP contribution is -2.08. The molecule has 0 aliphatic carbocycles. The monoisotopic (exact) mass is 254 g/mol. The van der Waals surface area contributed by atoms with Gasteiger partial charge in [0.15, 0.2) is 5.65 Å². The van der Waals surface area contributed by atoms with Crippen LogP contribution in [-0.4, -0.2) is 20.5 Å². The second kappa shape index (κ2) is 3.38. The molecule has 0 atom stereocenters. The second-order valence-corrected chi connectivity index (χ2v) is 3.61. The zero-order valence-electron chi connectivity index (χ0n) is 7.36. The summed E-state index contributed by atoms with van der Waals surface area (Å²) in [5, 5.41) is 6.64. The van der Waals surface area contributed by atoms with E-state index in [2.05, 4.69) is 31.3 Å². The number of hydrogen-bond acceptors (Lipinski definition) is 3. The predicted molar refractivity (Wildman–Crippen MR) is 55.0 cm³/mol. The Hall–Kier alpha value is -1.43. The first-order chi connectivity index (χ1) is 6.66. The van der Waals surface area contributed by atoms with Gasteiger partial charge in [0.2, 0.25) is 5.91 Å². The van der Waals surface area contributed by atoms with E-state index in [0.717, 1.165) is 4.47 Å². The van der Waals surface area contributed by atoms with Crippen LogP contribution in [0.3, 0.4) is 0 Å². The smallest absolute Gasteiger partial charge is 0.222 e. The van der Waals surface area contributed by atoms with Crippen LogP contribution < -0.4 is 5.32 Å². The van der Waals surface area contributed by atoms with Crippen LogP contribution >= 0.6 is 15.9 Å². The Labute approximate surface area is 88.3 Å². The molecule has 0 aromatic carbocycles. The van der Waals surface area contributed by atoms with Gasteiger partial charge in [0.05, 0.1) is 10.7 Å². The van der Waals surface area contributed by atoms with Crippen molar-refractivity contribution < 1.29 is 4.79 Å². The summed E-state index contributed by atoms with van der Waals surface area (Å²) < 4.78 is 2.42. The summed E-state index contributed by atoms with van der Waals surface area (Å²) in [4.78, 5) is 15.0. The second-order valence-electron chi connectivity index (χ2n) is 2.75. The Morgan fingerprint density at radius 1 is 1.64 bits per heavy atom. The van der Waals surface area contributed by atoms with Gasteiger partial charge in [-0.1, -0.05) is 0 Å². The number of aromatic nitrogens is 3. The van der Waals surface area contributed by atoms with Crippen LogP contribution in [0.1, 0.15) is 6.92 Å². The molecular weight excluding hydrogens is 248 g/mol. The number of amides is 1. The first kappa shape index (κ1) is 9.14. The van der Waals surface area contributed by atoms with Gasteiger partial charge < -0.3 is 5.32 Å². The molecule has 0 aliphatic heterocycles. The average molecular weight is 255 g/mol. The number of carbonyl (C=O) groups is 1. The highest BCUT2D eigenvalue weighted by atomic mass is 79.9. The van der Waals surface area contributed by atoms with Gasteiger partial charge in [-0.2, -0.15) is 5.10 Å². The molecule has 1 amide bonds. The molecule has 0 unspecified atom stereocenters. The third-order valence-electron chi connectivity index (χ3n) is 1.63. The molecule has 0 spiro atoms. The zero-order valence-corrected chi connectivity index (χ0v) is 8.95. The fourth-order valence-electron chi connectivity index (χ4n) is 1.09. The fraction of sp³-hybridized carbons (Fsp3) is 0.125. The van der Waals surface area contributed by atoms with Gasteiger partial charge in [0.25, 0.3) is 0 Å². The predicted octanol–water partition coefficient (Wildman–Crippen LogP) is 1.45. The van der Waals surface area contributed by atoms with Gasteiger partial charge in [-0.3, -0.25) is 4.79 Å². The van der Waals surface area contributed by atoms with Crippen molar-refractivity contribution in [2.24, 2.45) is 0 Å². The minimum absolute atomic E-state index is 0.141. The van der Waals surface area contributed by atoms with Crippen molar-refractivity contribution >= 4 is 33.3 Å². The van der Waals surface area contributed by atoms with Crippen LogP contribution in [0.4, 0.5) is 5.82 Å². The lowest BCUT2D eigenvalue weighted by Gasteiger charge is -2.00. The minimum Gasteiger partial charge on any atom is -0.311 e. The summed E-state index contributed by atoms with van der Waals surface area (Å²) in [5.41, 5.74) is 0.677. The van der Waals surface area contributed by atoms with E-state index in [1.54, 1.807) is 23.0 Å². The molecule has 0 saturated carbocycles. The van der Waals surface area contributed by atoms with E-state index < -0.39 is 0 Å². The highest BCUT2D eigenvalue weighted by Crippen LogP contribution is 2.16. The third-order valence-corrected chi connectivity index (χ3v) is 2.19. The first-order valence-corrected chi connectivity index (χ1v) is 4.73. The molecule has 1 N–H and O–H groups in total. The molecule has 2 heterocycles. The van der Waals surface area contributed by atoms with Gasteiger partial charge in [-0.05, 0) is 22.0 Å². The number of nitrogens with one attached hydrogen (secondary N) is 1. The van der Waals surface area contributed by atoms with E-state index >= 15 is 0 Å². The Balaban J connectivity index is 2.49. The van der Waals surface area contributed by atoms with E-state index in [0.29, 0.717) is 11.5 Å². The van der Waals surface area contributed by atoms with E-state index in [1.165, 1.54) is 6.92 Å². The third kappa shape index (κ3) is 1.60. The van der Waals surface area contributed by atoms with Gasteiger partial charge in [0, 0.05) is 13.1 Å². The molecule has 2 aromatic rings. The van der Waals surface area contributed by atoms with Crippen LogP contribution in [0.5, 0.6) is 0 Å². The normalized spacial score (nSPS) is 10.4. The molecule has 0 radical (unpaired) electrons. The molecule has 14 heavy (non-hydrogen) atoms. The molecule has 6 heteroatoms. The number of hydrogen-bond donors (Lipinski definition) is 1. The summed E-state index contributed by atoms with van der Waals surface area (Å²) in [5.74, 6) is 0.378. The summed E-state index contributed by atoms with van der Waals surface area (Å²) in [7, 11) is 0. The molecule has 5 nitrogen and oxygen atoms in total. The molecule has 2 aromatic heterocycles. The maximum Gasteiger partial charge on any atom is 0.222 e. The summed E-state index contributed by atoms with van der Waals surface area (Å²) >= 11 is 3.31. The summed E-state index contributed by atoms with van der Waals surface area (Å²) in [6.07, 6.45) is 3.39. The Morgan fingerprint density at radius 3 is 3.14 bits per heavy atom. The summed E-state index contributed by atoms with van der Waals surface area (Å²) in [6, 6.07) is 1.69. The van der Waals surface area contributed by atoms with Crippen molar-refractivity contribution in [3.63, 3.8) is 0 Å². The number of nitrogens with zero attached hydrogens (tertiary/aromatic N) is 3. The van der Waals surface area contributed by atoms with Crippen LogP contribution in [0.15, 0.2) is 22.9 Å². The zero-order chi connectivity index (χ0) is 10.1. The van der Waals surface area contributed by atoms with Gasteiger partial charge in [0.1, 0.15) is 5.82 Å². The molecular formula is C8H7BrN4O. The highest BCUT2D eigenvalue weighted by Gasteiger charge is 2.04. The lowest BCUT2D eigenvalue weighted by molar-refractivity contribution is -0.114. The van der Waals surface area contributed by atoms with Crippen LogP contribution in [0.25, 0.3) is 5.65 Å². The number of carbonyl (C=O) groups excluding carboxylic acids is 1. The van der Waals surface area contributed by atoms with E-state index in [1.807, 2.05) is 0 Å². The van der Waals surface area contributed by atoms with Crippen LogP contribution in [0, 0.1) is 0 Å². The standard InChI is InChI=1S/C8H7BrN4O/c1-5(14)11-7-2-3-13-8(12-7)6(9)4-10-13/h2-4H,1H3,(H,11,12,14). The molecule has 0 aliphatic rings. The number of halogens is 1. The van der Waals surface area contributed by atoms with Crippen molar-refractivity contribution in [3.8, 4) is 0 Å². The molecule has 72 valence electrons. The molecule has 0 fully saturated rings. The Bertz CT molecular complexity index is 493. The van der Waals surface area contributed by atoms with Crippen LogP contribution in [0.2, 0.25) is 0 Å². The molecule has 2 rings (SSSR count). The Kier molecular flexibility index (Phi) is 2.20. The Morgan fingerprint density at radius 2 is 2.43 bits per heavy atom. The van der Waals surface area contributed by atoms with Gasteiger partial charge in [-0.15, -0.1) is 0 Å². The molecule has 0 bridgehead atoms. The topological polar surface area (TPSA) is 59.3 Å². The number of fused-ring (bicyclic) bond motifs is 1. The maximum atomic E-state index is 10.8. The number of rotatable bonds is 1. The first-order valence-electron chi connectivity index (χ1n) is 3.94. The maximum absolute atomic E-state index is 10.8. The minimum atomic E-state index is -0.141. The average Bonchev–Trinajstić information content (AvgIpc) is 2.47. The van der Waals surface area contributed by atoms with Gasteiger partial charge in [-0.25, -0.2) is 9.50 Å². The summed E-state index contributed by atoms with van der Waals surface area (Å²) in [6.45, 7) is 1.44. The highest BCUT2D eigenvalue weighted by molar-refractivity contribution is 9.10. The van der Waals surface area contributed by atoms with Crippen molar-refractivity contribution in [2.45, 2.75) is 6.92 Å². The molecule has 0 saturated heterocycles. The van der Waals surface area contributed by atoms with Crippen molar-refractivity contribution in [1.29, 1.82) is 0 Å². The van der Waals surface area contributed by atoms with E-state index in [4.69, 9.17) is 0 Å². The van der Waals surface area contributed by atoms with Crippen molar-refractivity contribution in [1.82, 2.24) is 14.6 Å². The number of anilines is 1. The van der Waals surface area contributed by atoms with Crippen molar-refractivity contribution in [3.05, 3.63) is 22.9 Å². The van der Waals surface area contributed by atoms with E-state index in [-0.39, 0.29) is 5.91 Å². The van der Waals surface area contributed by atoms with E-state index in [9.17, 15) is 4.79 Å². The quantitative estimate of drug-likeness (QED) is 0.838.